The van der Waals surface area contributed by atoms with E-state index in [9.17, 15) is 9.59 Å². The zero-order valence-electron chi connectivity index (χ0n) is 17.6. The quantitative estimate of drug-likeness (QED) is 0.227. The lowest BCUT2D eigenvalue weighted by molar-refractivity contribution is -0.128. The van der Waals surface area contributed by atoms with Crippen molar-refractivity contribution < 1.29 is 14.3 Å². The number of esters is 1. The fourth-order valence-corrected chi connectivity index (χ4v) is 4.41. The van der Waals surface area contributed by atoms with E-state index in [1.54, 1.807) is 41.9 Å². The summed E-state index contributed by atoms with van der Waals surface area (Å²) in [5.74, 6) is 0.697. The van der Waals surface area contributed by atoms with Crippen LogP contribution in [0.2, 0.25) is 0 Å². The van der Waals surface area contributed by atoms with Crippen LogP contribution in [0.4, 0.5) is 0 Å². The highest BCUT2D eigenvalue weighted by Gasteiger charge is 2.10. The number of carbonyl (C=O) groups excluding carboxylic acids is 1. The van der Waals surface area contributed by atoms with E-state index in [4.69, 9.17) is 9.47 Å². The highest BCUT2D eigenvalue weighted by molar-refractivity contribution is 7.15. The Balaban J connectivity index is 1.31. The first-order valence-corrected chi connectivity index (χ1v) is 11.0. The van der Waals surface area contributed by atoms with Gasteiger partial charge < -0.3 is 9.47 Å². The molecule has 0 fully saturated rings. The molecule has 0 N–H and O–H groups in total. The monoisotopic (exact) mass is 454 g/mol. The fraction of sp³-hybridized carbons (Fsp3) is 0.0385. The zero-order valence-corrected chi connectivity index (χ0v) is 18.4. The molecule has 0 radical (unpaired) electrons. The van der Waals surface area contributed by atoms with Crippen LogP contribution in [0, 0.1) is 0 Å². The van der Waals surface area contributed by atoms with E-state index in [0.29, 0.717) is 15.2 Å². The first-order chi connectivity index (χ1) is 16.1. The van der Waals surface area contributed by atoms with Crippen LogP contribution in [0.5, 0.6) is 11.5 Å². The molecule has 0 amide bonds. The molecule has 0 atom stereocenters. The number of benzene rings is 3. The van der Waals surface area contributed by atoms with E-state index in [0.717, 1.165) is 27.9 Å². The maximum Gasteiger partial charge on any atom is 0.336 e. The molecule has 162 valence electrons. The van der Waals surface area contributed by atoms with Crippen LogP contribution in [0.15, 0.2) is 83.7 Å². The van der Waals surface area contributed by atoms with Gasteiger partial charge in [-0.05, 0) is 59.7 Å². The highest BCUT2D eigenvalue weighted by Crippen LogP contribution is 2.17. The molecule has 0 aliphatic rings. The SMILES string of the molecule is COc1ccc(/C=C/C(=O)Oc2ccc(/C=c3\sc4nc5ccccc5n4c3=O)cc2)cc1. The van der Waals surface area contributed by atoms with Crippen LogP contribution in [0.25, 0.3) is 28.1 Å². The number of nitrogens with zero attached hydrogens (tertiary/aromatic N) is 2. The lowest BCUT2D eigenvalue weighted by Gasteiger charge is -2.02. The molecule has 5 aromatic rings. The third-order valence-electron chi connectivity index (χ3n) is 5.07. The molecule has 7 heteroatoms. The molecule has 2 aromatic heterocycles. The van der Waals surface area contributed by atoms with Crippen LogP contribution >= 0.6 is 11.3 Å². The molecule has 6 nitrogen and oxygen atoms in total. The molecule has 0 aliphatic heterocycles. The van der Waals surface area contributed by atoms with Crippen molar-refractivity contribution in [3.8, 4) is 11.5 Å². The number of methoxy groups -OCH3 is 1. The molecule has 0 spiro atoms. The van der Waals surface area contributed by atoms with Crippen molar-refractivity contribution >= 4 is 45.5 Å². The lowest BCUT2D eigenvalue weighted by Crippen LogP contribution is -2.22. The van der Waals surface area contributed by atoms with Gasteiger partial charge in [0.05, 0.1) is 22.7 Å². The Kier molecular flexibility index (Phi) is 5.46. The fourth-order valence-electron chi connectivity index (χ4n) is 3.42. The van der Waals surface area contributed by atoms with Crippen molar-refractivity contribution in [2.24, 2.45) is 0 Å². The number of imidazole rings is 1. The van der Waals surface area contributed by atoms with Gasteiger partial charge in [-0.25, -0.2) is 14.2 Å². The van der Waals surface area contributed by atoms with E-state index in [-0.39, 0.29) is 5.56 Å². The summed E-state index contributed by atoms with van der Waals surface area (Å²) in [4.78, 5) is 30.2. The van der Waals surface area contributed by atoms with Gasteiger partial charge >= 0.3 is 5.97 Å². The van der Waals surface area contributed by atoms with Crippen molar-refractivity contribution in [3.63, 3.8) is 0 Å². The topological polar surface area (TPSA) is 69.9 Å². The third-order valence-corrected chi connectivity index (χ3v) is 6.04. The zero-order chi connectivity index (χ0) is 22.8. The Hall–Kier alpha value is -4.23. The molecule has 3 aromatic carbocycles. The van der Waals surface area contributed by atoms with Crippen molar-refractivity contribution in [1.82, 2.24) is 9.38 Å². The molecule has 0 aliphatic carbocycles. The first-order valence-electron chi connectivity index (χ1n) is 10.2. The molecule has 0 saturated carbocycles. The smallest absolute Gasteiger partial charge is 0.336 e. The summed E-state index contributed by atoms with van der Waals surface area (Å²) in [5, 5.41) is 0. The minimum Gasteiger partial charge on any atom is -0.497 e. The van der Waals surface area contributed by atoms with Gasteiger partial charge in [0.1, 0.15) is 11.5 Å². The number of thiazole rings is 1. The number of carbonyl (C=O) groups is 1. The molecule has 0 bridgehead atoms. The Morgan fingerprint density at radius 2 is 1.64 bits per heavy atom. The number of ether oxygens (including phenoxy) is 2. The molecule has 0 saturated heterocycles. The van der Waals surface area contributed by atoms with Gasteiger partial charge in [-0.2, -0.15) is 0 Å². The number of aromatic nitrogens is 2. The van der Waals surface area contributed by atoms with Crippen LogP contribution in [0.3, 0.4) is 0 Å². The number of fused-ring (bicyclic) bond motifs is 3. The van der Waals surface area contributed by atoms with Gasteiger partial charge in [0.25, 0.3) is 5.56 Å². The molecule has 33 heavy (non-hydrogen) atoms. The largest absolute Gasteiger partial charge is 0.497 e. The van der Waals surface area contributed by atoms with Crippen molar-refractivity contribution in [2.45, 2.75) is 0 Å². The van der Waals surface area contributed by atoms with Gasteiger partial charge in [-0.1, -0.05) is 47.7 Å². The second-order valence-electron chi connectivity index (χ2n) is 7.23. The second-order valence-corrected chi connectivity index (χ2v) is 8.24. The van der Waals surface area contributed by atoms with Crippen molar-refractivity contribution in [3.05, 3.63) is 105 Å². The summed E-state index contributed by atoms with van der Waals surface area (Å²) in [6, 6.07) is 21.9. The number of hydrogen-bond donors (Lipinski definition) is 0. The van der Waals surface area contributed by atoms with Crippen molar-refractivity contribution in [2.75, 3.05) is 7.11 Å². The Bertz CT molecular complexity index is 1600. The predicted molar refractivity (Wildman–Crippen MR) is 130 cm³/mol. The van der Waals surface area contributed by atoms with Gasteiger partial charge in [0.15, 0.2) is 4.96 Å². The summed E-state index contributed by atoms with van der Waals surface area (Å²) in [7, 11) is 1.60. The van der Waals surface area contributed by atoms with Gasteiger partial charge in [0, 0.05) is 6.08 Å². The number of rotatable bonds is 5. The standard InChI is InChI=1S/C26H18N2O4S/c1-31-19-11-6-17(7-12-19)10-15-24(29)32-20-13-8-18(9-14-20)16-23-25(30)28-22-5-3-2-4-21(22)27-26(28)33-23/h2-16H,1H3/b15-10+,23-16-. The summed E-state index contributed by atoms with van der Waals surface area (Å²) in [5.41, 5.74) is 3.21. The minimum atomic E-state index is -0.476. The maximum atomic E-state index is 12.9. The maximum absolute atomic E-state index is 12.9. The van der Waals surface area contributed by atoms with Gasteiger partial charge in [0.2, 0.25) is 0 Å². The first kappa shape index (κ1) is 20.7. The second kappa shape index (κ2) is 8.72. The number of para-hydroxylation sites is 2. The molecule has 2 heterocycles. The van der Waals surface area contributed by atoms with Crippen molar-refractivity contribution in [1.29, 1.82) is 0 Å². The molecule has 5 rings (SSSR count). The Labute approximate surface area is 192 Å². The summed E-state index contributed by atoms with van der Waals surface area (Å²) in [6.07, 6.45) is 4.86. The summed E-state index contributed by atoms with van der Waals surface area (Å²) >= 11 is 1.35. The predicted octanol–water partition coefficient (Wildman–Crippen LogP) is 4.08. The highest BCUT2D eigenvalue weighted by atomic mass is 32.1. The van der Waals surface area contributed by atoms with E-state index in [2.05, 4.69) is 4.98 Å². The summed E-state index contributed by atoms with van der Waals surface area (Å²) in [6.45, 7) is 0. The number of hydrogen-bond acceptors (Lipinski definition) is 6. The average molecular weight is 455 g/mol. The average Bonchev–Trinajstić information content (AvgIpc) is 3.35. The Morgan fingerprint density at radius 1 is 0.939 bits per heavy atom. The normalized spacial score (nSPS) is 12.1. The van der Waals surface area contributed by atoms with Gasteiger partial charge in [-0.3, -0.25) is 4.79 Å². The molecular formula is C26H18N2O4S. The van der Waals surface area contributed by atoms with E-state index in [1.807, 2.05) is 54.6 Å². The lowest BCUT2D eigenvalue weighted by atomic mass is 10.2. The summed E-state index contributed by atoms with van der Waals surface area (Å²) < 4.78 is 12.7. The third kappa shape index (κ3) is 4.26. The van der Waals surface area contributed by atoms with Crippen LogP contribution in [-0.4, -0.2) is 22.5 Å². The minimum absolute atomic E-state index is 0.0946. The van der Waals surface area contributed by atoms with Crippen LogP contribution in [0.1, 0.15) is 11.1 Å². The van der Waals surface area contributed by atoms with E-state index in [1.165, 1.54) is 17.4 Å². The van der Waals surface area contributed by atoms with Crippen LogP contribution < -0.4 is 19.6 Å². The molecule has 0 unspecified atom stereocenters. The van der Waals surface area contributed by atoms with Gasteiger partial charge in [-0.15, -0.1) is 0 Å². The Morgan fingerprint density at radius 3 is 2.39 bits per heavy atom. The molecular weight excluding hydrogens is 436 g/mol. The van der Waals surface area contributed by atoms with E-state index < -0.39 is 5.97 Å². The van der Waals surface area contributed by atoms with Crippen LogP contribution in [-0.2, 0) is 4.79 Å². The van der Waals surface area contributed by atoms with E-state index >= 15 is 0 Å².